The molecule has 0 saturated carbocycles. The van der Waals surface area contributed by atoms with Crippen molar-refractivity contribution in [2.75, 3.05) is 12.3 Å². The summed E-state index contributed by atoms with van der Waals surface area (Å²) in [5.74, 6) is 0.185. The third-order valence-electron chi connectivity index (χ3n) is 4.12. The van der Waals surface area contributed by atoms with Gasteiger partial charge >= 0.3 is 0 Å². The molecule has 0 radical (unpaired) electrons. The molecule has 25 heavy (non-hydrogen) atoms. The van der Waals surface area contributed by atoms with E-state index in [-0.39, 0.29) is 11.8 Å². The Balaban J connectivity index is 1.48. The van der Waals surface area contributed by atoms with Crippen LogP contribution >= 0.6 is 23.1 Å². The number of fused-ring (bicyclic) bond motifs is 2. The number of thioether (sulfide) groups is 1. The molecule has 4 rings (SSSR count). The third-order valence-corrected chi connectivity index (χ3v) is 6.30. The Bertz CT molecular complexity index is 948. The number of aryl methyl sites for hydroxylation is 1. The molecule has 7 heteroatoms. The van der Waals surface area contributed by atoms with E-state index in [2.05, 4.69) is 23.0 Å². The fraction of sp³-hybridized carbons (Fsp3) is 0.222. The van der Waals surface area contributed by atoms with Gasteiger partial charge in [-0.1, -0.05) is 19.1 Å². The van der Waals surface area contributed by atoms with Gasteiger partial charge in [0.05, 0.1) is 11.1 Å². The van der Waals surface area contributed by atoms with Gasteiger partial charge in [-0.15, -0.1) is 23.1 Å². The molecule has 1 aliphatic heterocycles. The summed E-state index contributed by atoms with van der Waals surface area (Å²) in [5.41, 5.74) is 0.986. The molecule has 126 valence electrons. The van der Waals surface area contributed by atoms with E-state index in [0.717, 1.165) is 21.7 Å². The standard InChI is InChI=1S/C18H15N3O2S2/c1-2-11-9-14-15(19-10-20-16(14)25-11)24-8-7-21-17(22)12-5-3-4-6-13(12)18(21)23/h3-6,9-10H,2,7-8H2,1H3. The van der Waals surface area contributed by atoms with Gasteiger partial charge in [-0.3, -0.25) is 14.5 Å². The van der Waals surface area contributed by atoms with Crippen molar-refractivity contribution in [2.45, 2.75) is 18.4 Å². The van der Waals surface area contributed by atoms with Crippen LogP contribution in [0.25, 0.3) is 10.2 Å². The van der Waals surface area contributed by atoms with Crippen molar-refractivity contribution in [3.8, 4) is 0 Å². The first-order chi connectivity index (χ1) is 12.2. The third kappa shape index (κ3) is 2.83. The Morgan fingerprint density at radius 2 is 1.84 bits per heavy atom. The van der Waals surface area contributed by atoms with Crippen LogP contribution in [0.1, 0.15) is 32.5 Å². The average molecular weight is 369 g/mol. The van der Waals surface area contributed by atoms with Crippen molar-refractivity contribution >= 4 is 45.1 Å². The van der Waals surface area contributed by atoms with Crippen LogP contribution in [0.15, 0.2) is 41.7 Å². The lowest BCUT2D eigenvalue weighted by Gasteiger charge is -2.13. The maximum Gasteiger partial charge on any atom is 0.261 e. The molecule has 1 aliphatic rings. The zero-order valence-corrected chi connectivity index (χ0v) is 15.2. The molecular formula is C18H15N3O2S2. The van der Waals surface area contributed by atoms with Crippen LogP contribution in [-0.2, 0) is 6.42 Å². The second-order valence-corrected chi connectivity index (χ2v) is 7.82. The number of imide groups is 1. The normalized spacial score (nSPS) is 13.7. The zero-order chi connectivity index (χ0) is 17.4. The van der Waals surface area contributed by atoms with Gasteiger partial charge in [0.15, 0.2) is 0 Å². The topological polar surface area (TPSA) is 63.2 Å². The number of rotatable bonds is 5. The van der Waals surface area contributed by atoms with Crippen LogP contribution in [0.5, 0.6) is 0 Å². The highest BCUT2D eigenvalue weighted by molar-refractivity contribution is 7.99. The number of thiophene rings is 1. The van der Waals surface area contributed by atoms with Gasteiger partial charge in [-0.05, 0) is 24.6 Å². The summed E-state index contributed by atoms with van der Waals surface area (Å²) in [6.45, 7) is 2.49. The van der Waals surface area contributed by atoms with Crippen molar-refractivity contribution < 1.29 is 9.59 Å². The highest BCUT2D eigenvalue weighted by Gasteiger charge is 2.34. The molecule has 3 heterocycles. The molecule has 0 unspecified atom stereocenters. The predicted octanol–water partition coefficient (Wildman–Crippen LogP) is 3.64. The quantitative estimate of drug-likeness (QED) is 0.390. The molecule has 1 aromatic carbocycles. The van der Waals surface area contributed by atoms with E-state index in [4.69, 9.17) is 0 Å². The predicted molar refractivity (Wildman–Crippen MR) is 99.3 cm³/mol. The van der Waals surface area contributed by atoms with Crippen LogP contribution < -0.4 is 0 Å². The molecule has 0 spiro atoms. The number of nitrogens with zero attached hydrogens (tertiary/aromatic N) is 3. The second-order valence-electron chi connectivity index (χ2n) is 5.62. The number of amides is 2. The number of hydrogen-bond donors (Lipinski definition) is 0. The van der Waals surface area contributed by atoms with Crippen LogP contribution in [0.3, 0.4) is 0 Å². The van der Waals surface area contributed by atoms with Gasteiger partial charge in [0, 0.05) is 22.6 Å². The van der Waals surface area contributed by atoms with Crippen LogP contribution in [-0.4, -0.2) is 39.0 Å². The van der Waals surface area contributed by atoms with Gasteiger partial charge in [0.25, 0.3) is 11.8 Å². The van der Waals surface area contributed by atoms with E-state index in [1.165, 1.54) is 9.78 Å². The highest BCUT2D eigenvalue weighted by Crippen LogP contribution is 2.31. The molecule has 5 nitrogen and oxygen atoms in total. The first-order valence-electron chi connectivity index (χ1n) is 8.00. The van der Waals surface area contributed by atoms with Crippen LogP contribution in [0, 0.1) is 0 Å². The minimum absolute atomic E-state index is 0.210. The maximum atomic E-state index is 12.4. The SMILES string of the molecule is CCc1cc2c(SCCN3C(=O)c4ccccc4C3=O)ncnc2s1. The fourth-order valence-electron chi connectivity index (χ4n) is 2.85. The lowest BCUT2D eigenvalue weighted by atomic mass is 10.1. The van der Waals surface area contributed by atoms with Gasteiger partial charge < -0.3 is 0 Å². The molecular weight excluding hydrogens is 354 g/mol. The number of carbonyl (C=O) groups is 2. The van der Waals surface area contributed by atoms with E-state index in [1.807, 2.05) is 0 Å². The Hall–Kier alpha value is -2.25. The number of benzene rings is 1. The highest BCUT2D eigenvalue weighted by atomic mass is 32.2. The van der Waals surface area contributed by atoms with Crippen LogP contribution in [0.2, 0.25) is 0 Å². The molecule has 0 saturated heterocycles. The van der Waals surface area contributed by atoms with E-state index in [9.17, 15) is 9.59 Å². The number of carbonyl (C=O) groups excluding carboxylic acids is 2. The smallest absolute Gasteiger partial charge is 0.261 e. The molecule has 0 atom stereocenters. The average Bonchev–Trinajstić information content (AvgIpc) is 3.17. The summed E-state index contributed by atoms with van der Waals surface area (Å²) in [7, 11) is 0. The van der Waals surface area contributed by atoms with Crippen molar-refractivity contribution in [3.63, 3.8) is 0 Å². The van der Waals surface area contributed by atoms with Crippen molar-refractivity contribution in [3.05, 3.63) is 52.7 Å². The van der Waals surface area contributed by atoms with Crippen molar-refractivity contribution in [1.82, 2.24) is 14.9 Å². The summed E-state index contributed by atoms with van der Waals surface area (Å²) in [6, 6.07) is 9.09. The first kappa shape index (κ1) is 16.2. The molecule has 0 N–H and O–H groups in total. The van der Waals surface area contributed by atoms with Gasteiger partial charge in [0.2, 0.25) is 0 Å². The summed E-state index contributed by atoms with van der Waals surface area (Å²) in [5, 5.41) is 1.95. The van der Waals surface area contributed by atoms with E-state index < -0.39 is 0 Å². The summed E-state index contributed by atoms with van der Waals surface area (Å²) < 4.78 is 0. The number of aromatic nitrogens is 2. The van der Waals surface area contributed by atoms with E-state index >= 15 is 0 Å². The molecule has 3 aromatic rings. The Morgan fingerprint density at radius 1 is 1.12 bits per heavy atom. The van der Waals surface area contributed by atoms with Gasteiger partial charge in [0.1, 0.15) is 16.2 Å². The monoisotopic (exact) mass is 369 g/mol. The molecule has 0 aliphatic carbocycles. The van der Waals surface area contributed by atoms with Crippen molar-refractivity contribution in [2.24, 2.45) is 0 Å². The Morgan fingerprint density at radius 3 is 2.52 bits per heavy atom. The lowest BCUT2D eigenvalue weighted by molar-refractivity contribution is 0.0664. The molecule has 2 amide bonds. The maximum absolute atomic E-state index is 12.4. The van der Waals surface area contributed by atoms with E-state index in [1.54, 1.807) is 53.7 Å². The number of hydrogen-bond acceptors (Lipinski definition) is 6. The van der Waals surface area contributed by atoms with Crippen LogP contribution in [0.4, 0.5) is 0 Å². The summed E-state index contributed by atoms with van der Waals surface area (Å²) in [4.78, 5) is 37.0. The minimum atomic E-state index is -0.210. The molecule has 2 aromatic heterocycles. The zero-order valence-electron chi connectivity index (χ0n) is 13.6. The summed E-state index contributed by atoms with van der Waals surface area (Å²) >= 11 is 3.23. The van der Waals surface area contributed by atoms with Crippen molar-refractivity contribution in [1.29, 1.82) is 0 Å². The van der Waals surface area contributed by atoms with Gasteiger partial charge in [-0.2, -0.15) is 0 Å². The first-order valence-corrected chi connectivity index (χ1v) is 9.80. The second kappa shape index (κ2) is 6.57. The van der Waals surface area contributed by atoms with Gasteiger partial charge in [-0.25, -0.2) is 9.97 Å². The van der Waals surface area contributed by atoms with E-state index in [0.29, 0.717) is 23.4 Å². The largest absolute Gasteiger partial charge is 0.273 e. The minimum Gasteiger partial charge on any atom is -0.273 e. The fourth-order valence-corrected chi connectivity index (χ4v) is 4.75. The lowest BCUT2D eigenvalue weighted by Crippen LogP contribution is -2.31. The summed E-state index contributed by atoms with van der Waals surface area (Å²) in [6.07, 6.45) is 2.54. The molecule has 0 bridgehead atoms. The molecule has 0 fully saturated rings. The Kier molecular flexibility index (Phi) is 4.27. The Labute approximate surface area is 153 Å².